The standard InChI is InChI=1S/C13H24N2O3S/c1-10(7-8-19-2)14-13(18)15(9-12(16)17)11-5-3-4-6-11/h10-11H,3-9H2,1-2H3,(H,14,18)(H,16,17). The summed E-state index contributed by atoms with van der Waals surface area (Å²) in [6.07, 6.45) is 6.92. The molecular formula is C13H24N2O3S. The summed E-state index contributed by atoms with van der Waals surface area (Å²) in [5, 5.41) is 11.9. The molecule has 2 amide bonds. The van der Waals surface area contributed by atoms with E-state index in [2.05, 4.69) is 5.32 Å². The Morgan fingerprint density at radius 3 is 2.58 bits per heavy atom. The maximum Gasteiger partial charge on any atom is 0.323 e. The molecule has 2 N–H and O–H groups in total. The van der Waals surface area contributed by atoms with E-state index < -0.39 is 5.97 Å². The average Bonchev–Trinajstić information content (AvgIpc) is 2.86. The highest BCUT2D eigenvalue weighted by atomic mass is 32.2. The minimum Gasteiger partial charge on any atom is -0.480 e. The van der Waals surface area contributed by atoms with Gasteiger partial charge in [0.15, 0.2) is 0 Å². The Balaban J connectivity index is 2.52. The van der Waals surface area contributed by atoms with Crippen molar-refractivity contribution < 1.29 is 14.7 Å². The zero-order valence-electron chi connectivity index (χ0n) is 11.7. The number of carboxylic acid groups (broad SMARTS) is 1. The Bertz CT molecular complexity index is 306. The molecule has 0 radical (unpaired) electrons. The third-order valence-electron chi connectivity index (χ3n) is 3.46. The van der Waals surface area contributed by atoms with Gasteiger partial charge < -0.3 is 15.3 Å². The summed E-state index contributed by atoms with van der Waals surface area (Å²) in [5.74, 6) is 0.0443. The second-order valence-electron chi connectivity index (χ2n) is 5.09. The molecule has 0 heterocycles. The lowest BCUT2D eigenvalue weighted by Crippen LogP contribution is -2.50. The summed E-state index contributed by atoms with van der Waals surface area (Å²) in [7, 11) is 0. The fourth-order valence-electron chi connectivity index (χ4n) is 2.39. The molecule has 0 aliphatic heterocycles. The SMILES string of the molecule is CSCCC(C)NC(=O)N(CC(=O)O)C1CCCC1. The van der Waals surface area contributed by atoms with Crippen molar-refractivity contribution in [2.75, 3.05) is 18.6 Å². The molecular weight excluding hydrogens is 264 g/mol. The van der Waals surface area contributed by atoms with Gasteiger partial charge in [0.1, 0.15) is 6.54 Å². The number of carbonyl (C=O) groups excluding carboxylic acids is 1. The molecule has 0 aromatic heterocycles. The van der Waals surface area contributed by atoms with Gasteiger partial charge in [0, 0.05) is 12.1 Å². The van der Waals surface area contributed by atoms with E-state index in [9.17, 15) is 9.59 Å². The van der Waals surface area contributed by atoms with Gasteiger partial charge in [-0.25, -0.2) is 4.79 Å². The van der Waals surface area contributed by atoms with Crippen molar-refractivity contribution in [3.05, 3.63) is 0 Å². The predicted octanol–water partition coefficient (Wildman–Crippen LogP) is 2.17. The molecule has 6 heteroatoms. The number of thioether (sulfide) groups is 1. The van der Waals surface area contributed by atoms with Gasteiger partial charge in [-0.1, -0.05) is 12.8 Å². The Kier molecular flexibility index (Phi) is 7.05. The molecule has 0 spiro atoms. The quantitative estimate of drug-likeness (QED) is 0.753. The molecule has 1 fully saturated rings. The van der Waals surface area contributed by atoms with Gasteiger partial charge in [0.25, 0.3) is 0 Å². The van der Waals surface area contributed by atoms with Crippen LogP contribution in [0, 0.1) is 0 Å². The van der Waals surface area contributed by atoms with Crippen molar-refractivity contribution in [2.24, 2.45) is 0 Å². The van der Waals surface area contributed by atoms with Crippen molar-refractivity contribution in [1.82, 2.24) is 10.2 Å². The molecule has 110 valence electrons. The monoisotopic (exact) mass is 288 g/mol. The topological polar surface area (TPSA) is 69.6 Å². The molecule has 0 aromatic rings. The van der Waals surface area contributed by atoms with Gasteiger partial charge >= 0.3 is 12.0 Å². The van der Waals surface area contributed by atoms with Crippen LogP contribution in [0.25, 0.3) is 0 Å². The van der Waals surface area contributed by atoms with E-state index in [0.29, 0.717) is 0 Å². The summed E-state index contributed by atoms with van der Waals surface area (Å²) in [6, 6.07) is -0.0654. The first kappa shape index (κ1) is 16.1. The number of carboxylic acids is 1. The van der Waals surface area contributed by atoms with E-state index in [4.69, 9.17) is 5.11 Å². The highest BCUT2D eigenvalue weighted by Crippen LogP contribution is 2.23. The number of nitrogens with zero attached hydrogens (tertiary/aromatic N) is 1. The average molecular weight is 288 g/mol. The lowest BCUT2D eigenvalue weighted by Gasteiger charge is -2.29. The molecule has 0 bridgehead atoms. The van der Waals surface area contributed by atoms with E-state index >= 15 is 0 Å². The van der Waals surface area contributed by atoms with Crippen molar-refractivity contribution in [3.8, 4) is 0 Å². The second-order valence-corrected chi connectivity index (χ2v) is 6.08. The fourth-order valence-corrected chi connectivity index (χ4v) is 2.98. The van der Waals surface area contributed by atoms with Gasteiger partial charge in [-0.3, -0.25) is 4.79 Å². The van der Waals surface area contributed by atoms with Gasteiger partial charge in [-0.2, -0.15) is 11.8 Å². The smallest absolute Gasteiger partial charge is 0.323 e. The van der Waals surface area contributed by atoms with E-state index in [-0.39, 0.29) is 24.7 Å². The molecule has 1 saturated carbocycles. The van der Waals surface area contributed by atoms with E-state index in [1.54, 1.807) is 11.8 Å². The molecule has 0 aromatic carbocycles. The Morgan fingerprint density at radius 1 is 1.42 bits per heavy atom. The predicted molar refractivity (Wildman–Crippen MR) is 77.6 cm³/mol. The number of nitrogens with one attached hydrogen (secondary N) is 1. The normalized spacial score (nSPS) is 17.2. The Morgan fingerprint density at radius 2 is 2.05 bits per heavy atom. The van der Waals surface area contributed by atoms with E-state index in [1.165, 1.54) is 4.90 Å². The second kappa shape index (κ2) is 8.30. The summed E-state index contributed by atoms with van der Waals surface area (Å²) in [6.45, 7) is 1.76. The van der Waals surface area contributed by atoms with Crippen LogP contribution in [-0.2, 0) is 4.79 Å². The zero-order chi connectivity index (χ0) is 14.3. The van der Waals surface area contributed by atoms with Crippen LogP contribution in [-0.4, -0.2) is 52.6 Å². The molecule has 1 aliphatic rings. The van der Waals surface area contributed by atoms with Crippen molar-refractivity contribution in [3.63, 3.8) is 0 Å². The molecule has 1 aliphatic carbocycles. The fraction of sp³-hybridized carbons (Fsp3) is 0.846. The molecule has 1 rings (SSSR count). The number of rotatable bonds is 7. The maximum absolute atomic E-state index is 12.2. The van der Waals surface area contributed by atoms with Crippen molar-refractivity contribution >= 4 is 23.8 Å². The molecule has 5 nitrogen and oxygen atoms in total. The molecule has 19 heavy (non-hydrogen) atoms. The van der Waals surface area contributed by atoms with Crippen LogP contribution >= 0.6 is 11.8 Å². The minimum atomic E-state index is -0.946. The van der Waals surface area contributed by atoms with Gasteiger partial charge in [0.05, 0.1) is 0 Å². The van der Waals surface area contributed by atoms with Gasteiger partial charge in [-0.15, -0.1) is 0 Å². The van der Waals surface area contributed by atoms with Crippen LogP contribution in [0.4, 0.5) is 4.79 Å². The van der Waals surface area contributed by atoms with E-state index in [0.717, 1.165) is 37.9 Å². The molecule has 1 unspecified atom stereocenters. The van der Waals surface area contributed by atoms with Crippen LogP contribution in [0.5, 0.6) is 0 Å². The van der Waals surface area contributed by atoms with Crippen LogP contribution in [0.1, 0.15) is 39.0 Å². The number of urea groups is 1. The number of hydrogen-bond acceptors (Lipinski definition) is 3. The number of carbonyl (C=O) groups is 2. The summed E-state index contributed by atoms with van der Waals surface area (Å²) in [4.78, 5) is 24.6. The summed E-state index contributed by atoms with van der Waals surface area (Å²) < 4.78 is 0. The van der Waals surface area contributed by atoms with Crippen LogP contribution < -0.4 is 5.32 Å². The maximum atomic E-state index is 12.2. The van der Waals surface area contributed by atoms with Crippen LogP contribution in [0.3, 0.4) is 0 Å². The van der Waals surface area contributed by atoms with Gasteiger partial charge in [0.2, 0.25) is 0 Å². The first-order valence-corrected chi connectivity index (χ1v) is 8.21. The van der Waals surface area contributed by atoms with Gasteiger partial charge in [-0.05, 0) is 38.2 Å². The minimum absolute atomic E-state index is 0.0812. The largest absolute Gasteiger partial charge is 0.480 e. The third-order valence-corrected chi connectivity index (χ3v) is 4.10. The number of aliphatic carboxylic acids is 1. The highest BCUT2D eigenvalue weighted by Gasteiger charge is 2.28. The van der Waals surface area contributed by atoms with Crippen LogP contribution in [0.15, 0.2) is 0 Å². The highest BCUT2D eigenvalue weighted by molar-refractivity contribution is 7.98. The number of amides is 2. The van der Waals surface area contributed by atoms with Crippen molar-refractivity contribution in [2.45, 2.75) is 51.1 Å². The van der Waals surface area contributed by atoms with Crippen molar-refractivity contribution in [1.29, 1.82) is 0 Å². The summed E-state index contributed by atoms with van der Waals surface area (Å²) in [5.41, 5.74) is 0. The first-order valence-electron chi connectivity index (χ1n) is 6.82. The zero-order valence-corrected chi connectivity index (χ0v) is 12.5. The first-order chi connectivity index (χ1) is 9.04. The lowest BCUT2D eigenvalue weighted by atomic mass is 10.2. The summed E-state index contributed by atoms with van der Waals surface area (Å²) >= 11 is 1.74. The molecule has 0 saturated heterocycles. The Labute approximate surface area is 119 Å². The lowest BCUT2D eigenvalue weighted by molar-refractivity contribution is -0.138. The van der Waals surface area contributed by atoms with Crippen LogP contribution in [0.2, 0.25) is 0 Å². The molecule has 1 atom stereocenters. The Hall–Kier alpha value is -0.910. The number of hydrogen-bond donors (Lipinski definition) is 2. The third kappa shape index (κ3) is 5.72. The van der Waals surface area contributed by atoms with E-state index in [1.807, 2.05) is 13.2 Å².